The molecule has 0 saturated heterocycles. The van der Waals surface area contributed by atoms with Gasteiger partial charge in [-0.25, -0.2) is 37.8 Å². The van der Waals surface area contributed by atoms with Gasteiger partial charge in [-0.1, -0.05) is 24.3 Å². The number of nitriles is 2. The maximum absolute atomic E-state index is 14.6. The van der Waals surface area contributed by atoms with Crippen molar-refractivity contribution in [3.8, 4) is 56.6 Å². The highest BCUT2D eigenvalue weighted by atomic mass is 19.4. The number of fused-ring (bicyclic) bond motifs is 6. The summed E-state index contributed by atoms with van der Waals surface area (Å²) >= 11 is 0. The number of allylic oxidation sites excluding steroid dienone is 2. The van der Waals surface area contributed by atoms with Crippen LogP contribution >= 0.6 is 0 Å². The summed E-state index contributed by atoms with van der Waals surface area (Å²) in [5, 5.41) is 20.0. The van der Waals surface area contributed by atoms with Crippen molar-refractivity contribution >= 4 is 11.1 Å². The number of halogens is 7. The van der Waals surface area contributed by atoms with Gasteiger partial charge in [0.05, 0.1) is 25.3 Å². The van der Waals surface area contributed by atoms with E-state index in [-0.39, 0.29) is 44.8 Å². The Kier molecular flexibility index (Phi) is 7.40. The van der Waals surface area contributed by atoms with Crippen molar-refractivity contribution in [3.05, 3.63) is 164 Å². The Labute approximate surface area is 285 Å². The van der Waals surface area contributed by atoms with E-state index < -0.39 is 35.0 Å². The lowest BCUT2D eigenvalue weighted by atomic mass is 9.94. The van der Waals surface area contributed by atoms with E-state index >= 15 is 0 Å². The third-order valence-corrected chi connectivity index (χ3v) is 9.04. The van der Waals surface area contributed by atoms with Gasteiger partial charge in [0.1, 0.15) is 28.8 Å². The Balaban J connectivity index is 1.46. The largest absolute Gasteiger partial charge is 0.422 e. The molecule has 0 aromatic heterocycles. The van der Waals surface area contributed by atoms with Crippen molar-refractivity contribution in [3.63, 3.8) is 0 Å². The van der Waals surface area contributed by atoms with Crippen molar-refractivity contribution in [2.45, 2.75) is 13.1 Å². The van der Waals surface area contributed by atoms with Crippen LogP contribution in [0.25, 0.3) is 65.3 Å². The van der Waals surface area contributed by atoms with Gasteiger partial charge in [0.25, 0.3) is 11.4 Å². The number of benzene rings is 5. The fraction of sp³-hybridized carbons (Fsp3) is 0.0500. The third-order valence-electron chi connectivity index (χ3n) is 9.04. The predicted octanol–water partition coefficient (Wildman–Crippen LogP) is 11.3. The SMILES string of the molecule is [C-]#[N+]/C(C#N)=C1/c2cc(-c3cc(F)c(C(F)(F)F)c(F)c3)ccc2-c2cc3c(cc21)/C(=C(\C#N)[N+]#[C-])c1cc(-c2cc(F)c(C)c(F)c2)ccc1-3. The lowest BCUT2D eigenvalue weighted by Gasteiger charge is -2.12. The Hall–Kier alpha value is -6.95. The number of alkyl halides is 3. The fourth-order valence-corrected chi connectivity index (χ4v) is 6.69. The van der Waals surface area contributed by atoms with Crippen LogP contribution in [0, 0.1) is 66.0 Å². The summed E-state index contributed by atoms with van der Waals surface area (Å²) in [5.41, 5.74) is 1.84. The zero-order valence-electron chi connectivity index (χ0n) is 25.9. The molecule has 0 bridgehead atoms. The van der Waals surface area contributed by atoms with Crippen LogP contribution in [-0.4, -0.2) is 0 Å². The minimum Gasteiger partial charge on any atom is -0.226 e. The van der Waals surface area contributed by atoms with Crippen LogP contribution in [-0.2, 0) is 6.18 Å². The van der Waals surface area contributed by atoms with E-state index in [1.807, 2.05) is 12.1 Å². The second-order valence-electron chi connectivity index (χ2n) is 11.7. The smallest absolute Gasteiger partial charge is 0.226 e. The molecule has 2 aliphatic rings. The summed E-state index contributed by atoms with van der Waals surface area (Å²) < 4.78 is 97.8. The first-order valence-electron chi connectivity index (χ1n) is 14.9. The second kappa shape index (κ2) is 11.6. The average Bonchev–Trinajstić information content (AvgIpc) is 3.57. The molecule has 0 aliphatic heterocycles. The highest BCUT2D eigenvalue weighted by Crippen LogP contribution is 2.54. The maximum atomic E-state index is 14.6. The van der Waals surface area contributed by atoms with Crippen LogP contribution in [0.15, 0.2) is 84.2 Å². The molecule has 5 aromatic rings. The van der Waals surface area contributed by atoms with Gasteiger partial charge in [-0.05, 0) is 122 Å². The Bertz CT molecular complexity index is 2590. The van der Waals surface area contributed by atoms with E-state index in [1.165, 1.54) is 31.2 Å². The molecule has 0 spiro atoms. The van der Waals surface area contributed by atoms with Gasteiger partial charge in [-0.3, -0.25) is 0 Å². The third kappa shape index (κ3) is 4.95. The molecule has 2 aliphatic carbocycles. The highest BCUT2D eigenvalue weighted by Gasteiger charge is 2.38. The first-order valence-corrected chi connectivity index (χ1v) is 14.9. The summed E-state index contributed by atoms with van der Waals surface area (Å²) in [5.74, 6) is -5.11. The molecule has 0 unspecified atom stereocenters. The summed E-state index contributed by atoms with van der Waals surface area (Å²) in [6, 6.07) is 20.0. The van der Waals surface area contributed by atoms with Gasteiger partial charge in [-0.2, -0.15) is 13.2 Å². The maximum Gasteiger partial charge on any atom is 0.422 e. The number of rotatable bonds is 2. The summed E-state index contributed by atoms with van der Waals surface area (Å²) in [4.78, 5) is 6.82. The normalized spacial score (nSPS) is 14.3. The lowest BCUT2D eigenvalue weighted by molar-refractivity contribution is -0.142. The van der Waals surface area contributed by atoms with Crippen LogP contribution in [0.1, 0.15) is 33.4 Å². The Morgan fingerprint density at radius 2 is 0.902 bits per heavy atom. The summed E-state index contributed by atoms with van der Waals surface area (Å²) in [7, 11) is 0. The van der Waals surface area contributed by atoms with E-state index in [0.717, 1.165) is 0 Å². The van der Waals surface area contributed by atoms with Gasteiger partial charge in [0, 0.05) is 16.7 Å². The molecule has 0 fully saturated rings. The van der Waals surface area contributed by atoms with E-state index in [1.54, 1.807) is 36.4 Å². The summed E-state index contributed by atoms with van der Waals surface area (Å²) in [6.45, 7) is 16.8. The molecule has 7 rings (SSSR count). The Morgan fingerprint density at radius 3 is 1.27 bits per heavy atom. The van der Waals surface area contributed by atoms with E-state index in [0.29, 0.717) is 62.2 Å². The molecule has 4 nitrogen and oxygen atoms in total. The van der Waals surface area contributed by atoms with E-state index in [2.05, 4.69) is 9.69 Å². The molecule has 0 radical (unpaired) electrons. The minimum atomic E-state index is -5.26. The molecule has 0 saturated carbocycles. The highest BCUT2D eigenvalue weighted by molar-refractivity contribution is 6.11. The van der Waals surface area contributed by atoms with Crippen LogP contribution in [0.2, 0.25) is 0 Å². The molecule has 0 N–H and O–H groups in total. The van der Waals surface area contributed by atoms with Gasteiger partial charge < -0.3 is 0 Å². The van der Waals surface area contributed by atoms with Crippen molar-refractivity contribution in [1.82, 2.24) is 0 Å². The average molecular weight is 685 g/mol. The van der Waals surface area contributed by atoms with Gasteiger partial charge in [-0.15, -0.1) is 0 Å². The topological polar surface area (TPSA) is 56.3 Å². The molecule has 0 heterocycles. The van der Waals surface area contributed by atoms with Crippen molar-refractivity contribution in [1.29, 1.82) is 10.5 Å². The molecule has 244 valence electrons. The van der Waals surface area contributed by atoms with Gasteiger partial charge >= 0.3 is 6.18 Å². The van der Waals surface area contributed by atoms with Crippen LogP contribution in [0.3, 0.4) is 0 Å². The molecule has 11 heteroatoms. The molecular formula is C40H15F7N4. The van der Waals surface area contributed by atoms with Crippen molar-refractivity contribution < 1.29 is 30.7 Å². The van der Waals surface area contributed by atoms with E-state index in [9.17, 15) is 41.3 Å². The minimum absolute atomic E-state index is 0.114. The standard InChI is InChI=1S/C40H15F7N4/c1-18-31(41)10-21(11-32(18)42)19-4-6-23-25-14-26-24-7-5-20(22-12-33(43)39(34(44)13-22)40(45,46)47)9-28(24)38(36(17-49)51-3)30(26)15-29(25)37(27(23)8-19)35(16-48)50-2/h4-15H,1H3/b37-35+,38-36-. The quantitative estimate of drug-likeness (QED) is 0.103. The zero-order chi connectivity index (χ0) is 36.5. The lowest BCUT2D eigenvalue weighted by Crippen LogP contribution is -2.11. The monoisotopic (exact) mass is 684 g/mol. The number of hydrogen-bond acceptors (Lipinski definition) is 2. The molecule has 5 aromatic carbocycles. The molecule has 0 amide bonds. The van der Waals surface area contributed by atoms with E-state index in [4.69, 9.17) is 13.1 Å². The molecule has 0 atom stereocenters. The first-order chi connectivity index (χ1) is 24.3. The molecule has 51 heavy (non-hydrogen) atoms. The van der Waals surface area contributed by atoms with Gasteiger partial charge in [0.15, 0.2) is 0 Å². The van der Waals surface area contributed by atoms with Crippen LogP contribution < -0.4 is 0 Å². The number of nitrogens with zero attached hydrogens (tertiary/aromatic N) is 4. The van der Waals surface area contributed by atoms with Crippen molar-refractivity contribution in [2.24, 2.45) is 0 Å². The van der Waals surface area contributed by atoms with Gasteiger partial charge in [0.2, 0.25) is 0 Å². The van der Waals surface area contributed by atoms with Crippen LogP contribution in [0.5, 0.6) is 0 Å². The van der Waals surface area contributed by atoms with Crippen molar-refractivity contribution in [2.75, 3.05) is 0 Å². The summed E-state index contributed by atoms with van der Waals surface area (Å²) in [6.07, 6.45) is -5.26. The second-order valence-corrected chi connectivity index (χ2v) is 11.7. The number of hydrogen-bond donors (Lipinski definition) is 0. The zero-order valence-corrected chi connectivity index (χ0v) is 25.9. The fourth-order valence-electron chi connectivity index (χ4n) is 6.69. The molecular weight excluding hydrogens is 669 g/mol. The predicted molar refractivity (Wildman–Crippen MR) is 174 cm³/mol. The Morgan fingerprint density at radius 1 is 0.529 bits per heavy atom. The first kappa shape index (κ1) is 32.6. The van der Waals surface area contributed by atoms with Crippen LogP contribution in [0.4, 0.5) is 30.7 Å².